The molecule has 1 saturated carbocycles. The van der Waals surface area contributed by atoms with Crippen LogP contribution >= 0.6 is 0 Å². The third kappa shape index (κ3) is 2.31. The van der Waals surface area contributed by atoms with Crippen molar-refractivity contribution >= 4 is 0 Å². The van der Waals surface area contributed by atoms with Crippen molar-refractivity contribution in [3.63, 3.8) is 0 Å². The first-order valence-corrected chi connectivity index (χ1v) is 6.91. The number of alkyl halides is 3. The zero-order chi connectivity index (χ0) is 14.3. The van der Waals surface area contributed by atoms with E-state index in [4.69, 9.17) is 0 Å². The molecule has 2 aliphatic rings. The van der Waals surface area contributed by atoms with E-state index in [-0.39, 0.29) is 0 Å². The molecule has 2 atom stereocenters. The van der Waals surface area contributed by atoms with Crippen molar-refractivity contribution < 1.29 is 13.2 Å². The number of fused-ring (bicyclic) bond motifs is 1. The number of nitrogens with zero attached hydrogens (tertiary/aromatic N) is 4. The van der Waals surface area contributed by atoms with Gasteiger partial charge in [0.25, 0.3) is 0 Å². The van der Waals surface area contributed by atoms with Crippen LogP contribution in [0.15, 0.2) is 0 Å². The normalized spacial score (nSPS) is 27.8. The Balaban J connectivity index is 1.78. The van der Waals surface area contributed by atoms with E-state index in [0.29, 0.717) is 37.5 Å². The topological polar surface area (TPSA) is 46.0 Å². The summed E-state index contributed by atoms with van der Waals surface area (Å²) < 4.78 is 39.5. The summed E-state index contributed by atoms with van der Waals surface area (Å²) in [6.07, 6.45) is -1.05. The minimum atomic E-state index is -4.42. The molecule has 0 spiro atoms. The largest absolute Gasteiger partial charge is 0.451 e. The second-order valence-corrected chi connectivity index (χ2v) is 5.45. The average molecular weight is 289 g/mol. The molecule has 20 heavy (non-hydrogen) atoms. The van der Waals surface area contributed by atoms with Gasteiger partial charge in [0.15, 0.2) is 0 Å². The summed E-state index contributed by atoms with van der Waals surface area (Å²) in [6, 6.07) is 0.811. The lowest BCUT2D eigenvalue weighted by Gasteiger charge is -2.35. The van der Waals surface area contributed by atoms with Crippen molar-refractivity contribution in [1.29, 1.82) is 0 Å². The lowest BCUT2D eigenvalue weighted by Crippen LogP contribution is -2.48. The second-order valence-electron chi connectivity index (χ2n) is 5.45. The molecule has 1 aliphatic carbocycles. The Morgan fingerprint density at radius 3 is 2.70 bits per heavy atom. The highest BCUT2D eigenvalue weighted by Crippen LogP contribution is 2.31. The van der Waals surface area contributed by atoms with Gasteiger partial charge in [-0.25, -0.2) is 0 Å². The van der Waals surface area contributed by atoms with Crippen molar-refractivity contribution in [2.24, 2.45) is 0 Å². The third-order valence-corrected chi connectivity index (χ3v) is 4.36. The fourth-order valence-corrected chi connectivity index (χ4v) is 3.38. The molecule has 2 unspecified atom stereocenters. The smallest absolute Gasteiger partial charge is 0.315 e. The molecule has 3 rings (SSSR count). The van der Waals surface area contributed by atoms with Crippen molar-refractivity contribution in [3.8, 4) is 0 Å². The number of hydrogen-bond acceptors (Lipinski definition) is 4. The Morgan fingerprint density at radius 1 is 1.20 bits per heavy atom. The minimum absolute atomic E-state index is 0.310. The Labute approximate surface area is 115 Å². The van der Waals surface area contributed by atoms with Crippen molar-refractivity contribution in [1.82, 2.24) is 25.0 Å². The lowest BCUT2D eigenvalue weighted by atomic mass is 10.1. The fourth-order valence-electron chi connectivity index (χ4n) is 3.38. The molecule has 8 heteroatoms. The highest BCUT2D eigenvalue weighted by molar-refractivity contribution is 5.04. The van der Waals surface area contributed by atoms with Gasteiger partial charge in [0.05, 0.1) is 6.54 Å². The van der Waals surface area contributed by atoms with E-state index in [2.05, 4.69) is 20.4 Å². The number of nitrogens with one attached hydrogen (secondary N) is 1. The van der Waals surface area contributed by atoms with Crippen LogP contribution in [0.25, 0.3) is 0 Å². The molecule has 112 valence electrons. The molecule has 0 bridgehead atoms. The van der Waals surface area contributed by atoms with Crippen molar-refractivity contribution in [2.75, 3.05) is 13.6 Å². The highest BCUT2D eigenvalue weighted by atomic mass is 19.4. The van der Waals surface area contributed by atoms with Gasteiger partial charge < -0.3 is 9.88 Å². The van der Waals surface area contributed by atoms with E-state index in [0.717, 1.165) is 19.3 Å². The summed E-state index contributed by atoms with van der Waals surface area (Å²) in [5.41, 5.74) is 0. The van der Waals surface area contributed by atoms with Crippen molar-refractivity contribution in [2.45, 2.75) is 50.6 Å². The molecule has 2 heterocycles. The number of hydrogen-bond donors (Lipinski definition) is 1. The minimum Gasteiger partial charge on any atom is -0.315 e. The summed E-state index contributed by atoms with van der Waals surface area (Å²) >= 11 is 0. The van der Waals surface area contributed by atoms with Gasteiger partial charge in [-0.05, 0) is 19.9 Å². The molecule has 1 aliphatic heterocycles. The maximum atomic E-state index is 12.8. The van der Waals surface area contributed by atoms with Crippen LogP contribution in [0.4, 0.5) is 13.2 Å². The van der Waals surface area contributed by atoms with Gasteiger partial charge in [-0.15, -0.1) is 10.2 Å². The van der Waals surface area contributed by atoms with Gasteiger partial charge >= 0.3 is 6.18 Å². The van der Waals surface area contributed by atoms with Crippen molar-refractivity contribution in [3.05, 3.63) is 11.6 Å². The molecule has 0 radical (unpaired) electrons. The van der Waals surface area contributed by atoms with Crippen LogP contribution in [-0.2, 0) is 19.3 Å². The van der Waals surface area contributed by atoms with Gasteiger partial charge in [-0.1, -0.05) is 6.42 Å². The van der Waals surface area contributed by atoms with Crippen LogP contribution in [0, 0.1) is 0 Å². The molecule has 0 aromatic carbocycles. The Hall–Kier alpha value is -1.15. The lowest BCUT2D eigenvalue weighted by molar-refractivity contribution is -0.148. The summed E-state index contributed by atoms with van der Waals surface area (Å²) in [7, 11) is 1.94. The average Bonchev–Trinajstić information content (AvgIpc) is 3.03. The molecule has 5 nitrogen and oxygen atoms in total. The first-order valence-electron chi connectivity index (χ1n) is 6.91. The second kappa shape index (κ2) is 5.00. The maximum absolute atomic E-state index is 12.8. The molecule has 1 fully saturated rings. The Morgan fingerprint density at radius 2 is 2.00 bits per heavy atom. The van der Waals surface area contributed by atoms with Crippen LogP contribution in [0.2, 0.25) is 0 Å². The van der Waals surface area contributed by atoms with Gasteiger partial charge in [0, 0.05) is 25.2 Å². The summed E-state index contributed by atoms with van der Waals surface area (Å²) in [5.74, 6) is -0.450. The van der Waals surface area contributed by atoms with E-state index >= 15 is 0 Å². The van der Waals surface area contributed by atoms with Crippen LogP contribution in [0.1, 0.15) is 30.9 Å². The van der Waals surface area contributed by atoms with E-state index < -0.39 is 12.0 Å². The number of rotatable bonds is 2. The standard InChI is InChI=1S/C12H18F3N5/c1-16-8-3-2-4-9(8)19-5-6-20-10(7-19)17-18-11(20)12(13,14)15/h8-9,16H,2-7H2,1H3. The van der Waals surface area contributed by atoms with E-state index in [1.165, 1.54) is 4.57 Å². The van der Waals surface area contributed by atoms with Crippen LogP contribution < -0.4 is 5.32 Å². The predicted octanol–water partition coefficient (Wildman–Crippen LogP) is 1.25. The van der Waals surface area contributed by atoms with Crippen LogP contribution in [-0.4, -0.2) is 45.3 Å². The monoisotopic (exact) mass is 289 g/mol. The van der Waals surface area contributed by atoms with Crippen LogP contribution in [0.5, 0.6) is 0 Å². The predicted molar refractivity (Wildman–Crippen MR) is 65.9 cm³/mol. The summed E-state index contributed by atoms with van der Waals surface area (Å²) in [4.78, 5) is 2.23. The first kappa shape index (κ1) is 13.8. The van der Waals surface area contributed by atoms with E-state index in [1.54, 1.807) is 0 Å². The van der Waals surface area contributed by atoms with Gasteiger partial charge in [0.1, 0.15) is 5.82 Å². The first-order chi connectivity index (χ1) is 9.50. The molecule has 1 aromatic heterocycles. The molecule has 1 N–H and O–H groups in total. The Kier molecular flexibility index (Phi) is 3.45. The quantitative estimate of drug-likeness (QED) is 0.890. The molecular formula is C12H18F3N5. The highest BCUT2D eigenvalue weighted by Gasteiger charge is 2.41. The van der Waals surface area contributed by atoms with Gasteiger partial charge in [-0.2, -0.15) is 13.2 Å². The number of halogens is 3. The number of likely N-dealkylation sites (N-methyl/N-ethyl adjacent to an activating group) is 1. The molecular weight excluding hydrogens is 271 g/mol. The van der Waals surface area contributed by atoms with Crippen LogP contribution in [0.3, 0.4) is 0 Å². The van der Waals surface area contributed by atoms with E-state index in [9.17, 15) is 13.2 Å². The fraction of sp³-hybridized carbons (Fsp3) is 0.833. The van der Waals surface area contributed by atoms with Gasteiger partial charge in [0.2, 0.25) is 5.82 Å². The SMILES string of the molecule is CNC1CCCC1N1CCn2c(nnc2C(F)(F)F)C1. The molecule has 0 saturated heterocycles. The van der Waals surface area contributed by atoms with E-state index in [1.807, 2.05) is 7.05 Å². The zero-order valence-electron chi connectivity index (χ0n) is 11.3. The molecule has 1 aromatic rings. The number of aromatic nitrogens is 3. The maximum Gasteiger partial charge on any atom is 0.451 e. The van der Waals surface area contributed by atoms with Gasteiger partial charge in [-0.3, -0.25) is 4.90 Å². The summed E-state index contributed by atoms with van der Waals surface area (Å²) in [5, 5.41) is 10.3. The third-order valence-electron chi connectivity index (χ3n) is 4.36. The molecule has 0 amide bonds. The zero-order valence-corrected chi connectivity index (χ0v) is 11.3. The Bertz CT molecular complexity index is 484. The summed E-state index contributed by atoms with van der Waals surface area (Å²) in [6.45, 7) is 1.38.